The molecule has 0 bridgehead atoms. The van der Waals surface area contributed by atoms with Crippen molar-refractivity contribution in [3.8, 4) is 0 Å². The number of carbonyl (C=O) groups excluding carboxylic acids is 2. The third-order valence-electron chi connectivity index (χ3n) is 6.50. The number of nitrogens with zero attached hydrogens (tertiary/aromatic N) is 3. The van der Waals surface area contributed by atoms with Crippen LogP contribution < -0.4 is 10.2 Å². The molecule has 0 spiro atoms. The molecule has 1 N–H and O–H groups in total. The van der Waals surface area contributed by atoms with Gasteiger partial charge in [-0.05, 0) is 37.8 Å². The largest absolute Gasteiger partial charge is 0.371 e. The van der Waals surface area contributed by atoms with Crippen LogP contribution in [-0.4, -0.2) is 59.8 Å². The van der Waals surface area contributed by atoms with Crippen LogP contribution in [0.1, 0.15) is 38.5 Å². The number of halogens is 2. The molecule has 2 amide bonds. The quantitative estimate of drug-likeness (QED) is 0.834. The minimum absolute atomic E-state index is 0.0295. The van der Waals surface area contributed by atoms with Crippen LogP contribution in [0.4, 0.5) is 14.5 Å². The van der Waals surface area contributed by atoms with E-state index in [0.717, 1.165) is 25.1 Å². The molecule has 0 aromatic carbocycles. The lowest BCUT2D eigenvalue weighted by molar-refractivity contribution is -0.134. The average Bonchev–Trinajstić information content (AvgIpc) is 3.38. The molecule has 2 atom stereocenters. The van der Waals surface area contributed by atoms with Crippen LogP contribution in [0.5, 0.6) is 0 Å². The molecule has 3 heterocycles. The summed E-state index contributed by atoms with van der Waals surface area (Å²) in [6.45, 7) is 2.70. The monoisotopic (exact) mass is 406 g/mol. The van der Waals surface area contributed by atoms with Gasteiger partial charge >= 0.3 is 0 Å². The molecule has 3 aliphatic rings. The number of aromatic nitrogens is 1. The van der Waals surface area contributed by atoms with Gasteiger partial charge in [0.2, 0.25) is 17.7 Å². The first kappa shape index (κ1) is 20.0. The molecular weight excluding hydrogens is 378 g/mol. The Balaban J connectivity index is 1.24. The minimum atomic E-state index is -2.63. The van der Waals surface area contributed by atoms with E-state index in [2.05, 4.69) is 15.2 Å². The van der Waals surface area contributed by atoms with Crippen molar-refractivity contribution in [3.63, 3.8) is 0 Å². The maximum Gasteiger partial charge on any atom is 0.248 e. The van der Waals surface area contributed by atoms with Crippen molar-refractivity contribution in [1.82, 2.24) is 15.2 Å². The summed E-state index contributed by atoms with van der Waals surface area (Å²) < 4.78 is 26.6. The van der Waals surface area contributed by atoms with E-state index in [1.807, 2.05) is 17.0 Å². The van der Waals surface area contributed by atoms with Crippen molar-refractivity contribution >= 4 is 17.5 Å². The van der Waals surface area contributed by atoms with E-state index in [-0.39, 0.29) is 55.4 Å². The van der Waals surface area contributed by atoms with Crippen molar-refractivity contribution in [2.75, 3.05) is 31.1 Å². The molecule has 29 heavy (non-hydrogen) atoms. The first-order chi connectivity index (χ1) is 13.9. The predicted octanol–water partition coefficient (Wildman–Crippen LogP) is 2.45. The van der Waals surface area contributed by atoms with Crippen molar-refractivity contribution in [2.24, 2.45) is 11.8 Å². The van der Waals surface area contributed by atoms with E-state index < -0.39 is 5.92 Å². The Morgan fingerprint density at radius 1 is 1.00 bits per heavy atom. The Morgan fingerprint density at radius 2 is 1.72 bits per heavy atom. The number of pyridine rings is 1. The van der Waals surface area contributed by atoms with Gasteiger partial charge in [-0.25, -0.2) is 8.78 Å². The molecule has 1 aromatic rings. The summed E-state index contributed by atoms with van der Waals surface area (Å²) in [5.41, 5.74) is 1.08. The van der Waals surface area contributed by atoms with Gasteiger partial charge in [0.25, 0.3) is 0 Å². The lowest BCUT2D eigenvalue weighted by Gasteiger charge is -2.28. The summed E-state index contributed by atoms with van der Waals surface area (Å²) in [6, 6.07) is 3.83. The van der Waals surface area contributed by atoms with Crippen LogP contribution in [0, 0.1) is 11.8 Å². The summed E-state index contributed by atoms with van der Waals surface area (Å²) in [5, 5.41) is 2.99. The molecule has 3 fully saturated rings. The first-order valence-electron chi connectivity index (χ1n) is 10.5. The number of hydrogen-bond donors (Lipinski definition) is 1. The highest BCUT2D eigenvalue weighted by atomic mass is 19.3. The van der Waals surface area contributed by atoms with Crippen molar-refractivity contribution in [3.05, 3.63) is 24.5 Å². The smallest absolute Gasteiger partial charge is 0.248 e. The van der Waals surface area contributed by atoms with Gasteiger partial charge in [0.1, 0.15) is 0 Å². The topological polar surface area (TPSA) is 65.5 Å². The Labute approximate surface area is 169 Å². The van der Waals surface area contributed by atoms with E-state index >= 15 is 0 Å². The second-order valence-electron chi connectivity index (χ2n) is 8.55. The van der Waals surface area contributed by atoms with E-state index in [9.17, 15) is 18.4 Å². The fourth-order valence-electron chi connectivity index (χ4n) is 4.71. The zero-order chi connectivity index (χ0) is 20.4. The third-order valence-corrected chi connectivity index (χ3v) is 6.50. The number of rotatable bonds is 4. The van der Waals surface area contributed by atoms with Gasteiger partial charge in [-0.15, -0.1) is 0 Å². The van der Waals surface area contributed by atoms with Crippen LogP contribution in [0.15, 0.2) is 24.5 Å². The maximum absolute atomic E-state index is 13.3. The second-order valence-corrected chi connectivity index (χ2v) is 8.55. The highest BCUT2D eigenvalue weighted by molar-refractivity contribution is 5.81. The van der Waals surface area contributed by atoms with Crippen LogP contribution in [0.2, 0.25) is 0 Å². The zero-order valence-corrected chi connectivity index (χ0v) is 16.5. The fraction of sp³-hybridized carbons (Fsp3) is 0.667. The number of nitrogens with one attached hydrogen (secondary N) is 1. The number of carbonyl (C=O) groups is 2. The van der Waals surface area contributed by atoms with Gasteiger partial charge in [-0.3, -0.25) is 14.6 Å². The summed E-state index contributed by atoms with van der Waals surface area (Å²) in [6.07, 6.45) is 5.11. The second kappa shape index (κ2) is 8.24. The van der Waals surface area contributed by atoms with Crippen LogP contribution in [0.25, 0.3) is 0 Å². The Hall–Kier alpha value is -2.25. The summed E-state index contributed by atoms with van der Waals surface area (Å²) in [4.78, 5) is 33.4. The standard InChI is InChI=1S/C21H28F2N4O2/c22-21(23)7-1-15(2-8-21)19(28)25-17-6-12-27(14-17)20(29)16-5-11-26(13-16)18-3-9-24-10-4-18/h3-4,9-10,15-17H,1-2,5-8,11-14H2,(H,25,28). The molecule has 1 aliphatic carbocycles. The number of alkyl halides is 2. The van der Waals surface area contributed by atoms with Crippen LogP contribution in [-0.2, 0) is 9.59 Å². The lowest BCUT2D eigenvalue weighted by atomic mass is 9.86. The molecule has 6 nitrogen and oxygen atoms in total. The Kier molecular flexibility index (Phi) is 5.69. The van der Waals surface area contributed by atoms with E-state index in [0.29, 0.717) is 19.6 Å². The van der Waals surface area contributed by atoms with Gasteiger partial charge in [-0.2, -0.15) is 0 Å². The molecule has 0 radical (unpaired) electrons. The van der Waals surface area contributed by atoms with Gasteiger partial charge < -0.3 is 15.1 Å². The Bertz CT molecular complexity index is 735. The first-order valence-corrected chi connectivity index (χ1v) is 10.5. The average molecular weight is 406 g/mol. The van der Waals surface area contributed by atoms with E-state index in [1.165, 1.54) is 0 Å². The van der Waals surface area contributed by atoms with Gasteiger partial charge in [0, 0.05) is 69.1 Å². The summed E-state index contributed by atoms with van der Waals surface area (Å²) in [5.74, 6) is -2.97. The molecule has 158 valence electrons. The van der Waals surface area contributed by atoms with Crippen LogP contribution in [0.3, 0.4) is 0 Å². The number of amides is 2. The van der Waals surface area contributed by atoms with Crippen LogP contribution >= 0.6 is 0 Å². The van der Waals surface area contributed by atoms with Crippen molar-refractivity contribution < 1.29 is 18.4 Å². The van der Waals surface area contributed by atoms with Crippen molar-refractivity contribution in [1.29, 1.82) is 0 Å². The van der Waals surface area contributed by atoms with E-state index in [1.54, 1.807) is 12.4 Å². The van der Waals surface area contributed by atoms with Gasteiger partial charge in [-0.1, -0.05) is 0 Å². The SMILES string of the molecule is O=C(NC1CCN(C(=O)C2CCN(c3ccncc3)C2)C1)C1CCC(F)(F)CC1. The zero-order valence-electron chi connectivity index (χ0n) is 16.5. The van der Waals surface area contributed by atoms with Gasteiger partial charge in [0.05, 0.1) is 5.92 Å². The predicted molar refractivity (Wildman–Crippen MR) is 105 cm³/mol. The van der Waals surface area contributed by atoms with E-state index in [4.69, 9.17) is 0 Å². The molecule has 1 saturated carbocycles. The summed E-state index contributed by atoms with van der Waals surface area (Å²) in [7, 11) is 0. The third kappa shape index (κ3) is 4.67. The molecular formula is C21H28F2N4O2. The highest BCUT2D eigenvalue weighted by Crippen LogP contribution is 2.36. The minimum Gasteiger partial charge on any atom is -0.371 e. The number of hydrogen-bond acceptors (Lipinski definition) is 4. The normalized spacial score (nSPS) is 27.2. The summed E-state index contributed by atoms with van der Waals surface area (Å²) >= 11 is 0. The van der Waals surface area contributed by atoms with Gasteiger partial charge in [0.15, 0.2) is 0 Å². The molecule has 4 rings (SSSR count). The molecule has 2 aliphatic heterocycles. The highest BCUT2D eigenvalue weighted by Gasteiger charge is 2.39. The van der Waals surface area contributed by atoms with Crippen molar-refractivity contribution in [2.45, 2.75) is 50.5 Å². The molecule has 2 unspecified atom stereocenters. The lowest BCUT2D eigenvalue weighted by Crippen LogP contribution is -2.43. The number of likely N-dealkylation sites (tertiary alicyclic amines) is 1. The fourth-order valence-corrected chi connectivity index (χ4v) is 4.71. The maximum atomic E-state index is 13.3. The molecule has 1 aromatic heterocycles. The Morgan fingerprint density at radius 3 is 2.45 bits per heavy atom. The molecule has 2 saturated heterocycles. The molecule has 8 heteroatoms. The number of anilines is 1.